The van der Waals surface area contributed by atoms with Crippen molar-refractivity contribution in [3.63, 3.8) is 0 Å². The highest BCUT2D eigenvalue weighted by molar-refractivity contribution is 6.31. The van der Waals surface area contributed by atoms with Gasteiger partial charge >= 0.3 is 6.03 Å². The Hall–Kier alpha value is -4.06. The second-order valence-electron chi connectivity index (χ2n) is 11.9. The fourth-order valence-electron chi connectivity index (χ4n) is 6.45. The second kappa shape index (κ2) is 12.7. The third-order valence-corrected chi connectivity index (χ3v) is 9.30. The quantitative estimate of drug-likeness (QED) is 0.209. The molecule has 0 radical (unpaired) electrons. The lowest BCUT2D eigenvalue weighted by molar-refractivity contribution is -0.0323. The van der Waals surface area contributed by atoms with Gasteiger partial charge in [-0.2, -0.15) is 0 Å². The molecular formula is C33H38ClN7O4. The van der Waals surface area contributed by atoms with Gasteiger partial charge in [-0.15, -0.1) is 0 Å². The Labute approximate surface area is 267 Å². The number of hydrogen-bond acceptors (Lipinski definition) is 9. The molecule has 0 unspecified atom stereocenters. The minimum atomic E-state index is -0.296. The largest absolute Gasteiger partial charge is 0.497 e. The molecule has 236 valence electrons. The monoisotopic (exact) mass is 631 g/mol. The number of hydrogen-bond donors (Lipinski definition) is 2. The fourth-order valence-corrected chi connectivity index (χ4v) is 6.71. The summed E-state index contributed by atoms with van der Waals surface area (Å²) in [6, 6.07) is 13.7. The van der Waals surface area contributed by atoms with Crippen molar-refractivity contribution in [2.24, 2.45) is 0 Å². The molecule has 0 bridgehead atoms. The van der Waals surface area contributed by atoms with E-state index in [9.17, 15) is 4.79 Å². The molecule has 1 saturated carbocycles. The van der Waals surface area contributed by atoms with E-state index in [2.05, 4.69) is 43.3 Å². The van der Waals surface area contributed by atoms with Crippen LogP contribution in [0.3, 0.4) is 0 Å². The number of amides is 1. The Morgan fingerprint density at radius 1 is 1.11 bits per heavy atom. The minimum Gasteiger partial charge on any atom is -0.497 e. The van der Waals surface area contributed by atoms with Crippen molar-refractivity contribution in [1.29, 1.82) is 0 Å². The standard InChI is InChI=1S/C33H38ClN7O4/c1-43-25-6-4-21(5-7-25)18-40-10-2-3-26-30(40)29-32(38-31(26)34)41(20-36-29)33(42)37-27-8-9-28(27)45-19-22-15-23(35)17-24(16-22)39-11-13-44-14-12-39/h4-7,15-17,20,27-28H,2-3,8-14,18-19,35H2,1H3,(H,37,42)/t27-,28-/m1/s1. The van der Waals surface area contributed by atoms with Gasteiger partial charge in [0.1, 0.15) is 22.7 Å². The SMILES string of the molecule is COc1ccc(CN2CCCc3c(Cl)nc4c(ncn4C(=O)N[C@@H]4CC[C@H]4OCc4cc(N)cc(N5CCOCC5)c4)c32)cc1. The number of carbonyl (C=O) groups is 1. The average Bonchev–Trinajstić information content (AvgIpc) is 3.47. The van der Waals surface area contributed by atoms with Crippen molar-refractivity contribution in [3.8, 4) is 5.75 Å². The number of benzene rings is 2. The van der Waals surface area contributed by atoms with Crippen LogP contribution in [0.4, 0.5) is 21.9 Å². The normalized spacial score (nSPS) is 19.7. The summed E-state index contributed by atoms with van der Waals surface area (Å²) in [6.07, 6.45) is 4.92. The maximum Gasteiger partial charge on any atom is 0.328 e. The van der Waals surface area contributed by atoms with E-state index in [-0.39, 0.29) is 18.2 Å². The first-order valence-electron chi connectivity index (χ1n) is 15.5. The molecular weight excluding hydrogens is 594 g/mol. The number of halogens is 1. The van der Waals surface area contributed by atoms with E-state index in [0.717, 1.165) is 79.1 Å². The highest BCUT2D eigenvalue weighted by Crippen LogP contribution is 2.38. The van der Waals surface area contributed by atoms with Gasteiger partial charge in [-0.25, -0.2) is 19.3 Å². The van der Waals surface area contributed by atoms with Gasteiger partial charge in [0, 0.05) is 43.1 Å². The molecule has 11 nitrogen and oxygen atoms in total. The van der Waals surface area contributed by atoms with Crippen LogP contribution < -0.4 is 25.6 Å². The van der Waals surface area contributed by atoms with Crippen LogP contribution in [-0.2, 0) is 29.0 Å². The maximum absolute atomic E-state index is 13.5. The zero-order valence-corrected chi connectivity index (χ0v) is 26.1. The van der Waals surface area contributed by atoms with E-state index in [1.54, 1.807) is 7.11 Å². The van der Waals surface area contributed by atoms with Crippen LogP contribution >= 0.6 is 11.6 Å². The summed E-state index contributed by atoms with van der Waals surface area (Å²) in [5.74, 6) is 0.818. The first-order valence-corrected chi connectivity index (χ1v) is 15.9. The second-order valence-corrected chi connectivity index (χ2v) is 12.3. The Bertz CT molecular complexity index is 1690. The van der Waals surface area contributed by atoms with Crippen LogP contribution in [0, 0.1) is 0 Å². The van der Waals surface area contributed by atoms with E-state index in [1.807, 2.05) is 24.3 Å². The van der Waals surface area contributed by atoms with E-state index in [4.69, 9.17) is 31.5 Å². The molecule has 0 spiro atoms. The summed E-state index contributed by atoms with van der Waals surface area (Å²) in [7, 11) is 1.66. The lowest BCUT2D eigenvalue weighted by Crippen LogP contribution is -2.52. The van der Waals surface area contributed by atoms with Crippen molar-refractivity contribution in [1.82, 2.24) is 19.9 Å². The van der Waals surface area contributed by atoms with E-state index >= 15 is 0 Å². The van der Waals surface area contributed by atoms with Gasteiger partial charge in [-0.1, -0.05) is 23.7 Å². The number of nitrogen functional groups attached to an aromatic ring is 1. The number of morpholine rings is 1. The highest BCUT2D eigenvalue weighted by atomic mass is 35.5. The van der Waals surface area contributed by atoms with Crippen molar-refractivity contribution in [3.05, 3.63) is 70.6 Å². The average molecular weight is 632 g/mol. The molecule has 45 heavy (non-hydrogen) atoms. The summed E-state index contributed by atoms with van der Waals surface area (Å²) in [4.78, 5) is 27.4. The predicted molar refractivity (Wildman–Crippen MR) is 174 cm³/mol. The first-order chi connectivity index (χ1) is 22.0. The van der Waals surface area contributed by atoms with Crippen molar-refractivity contribution in [2.75, 3.05) is 55.5 Å². The number of imidazole rings is 1. The topological polar surface area (TPSA) is 120 Å². The van der Waals surface area contributed by atoms with Gasteiger partial charge in [0.15, 0.2) is 5.65 Å². The molecule has 2 aliphatic heterocycles. The van der Waals surface area contributed by atoms with Crippen molar-refractivity contribution >= 4 is 45.9 Å². The third kappa shape index (κ3) is 6.12. The zero-order valence-electron chi connectivity index (χ0n) is 25.4. The summed E-state index contributed by atoms with van der Waals surface area (Å²) in [6.45, 7) is 5.06. The summed E-state index contributed by atoms with van der Waals surface area (Å²) in [5.41, 5.74) is 13.2. The van der Waals surface area contributed by atoms with Gasteiger partial charge in [0.05, 0.1) is 44.8 Å². The lowest BCUT2D eigenvalue weighted by atomic mass is 9.89. The number of rotatable bonds is 8. The Kier molecular flexibility index (Phi) is 8.39. The van der Waals surface area contributed by atoms with Gasteiger partial charge in [0.2, 0.25) is 0 Å². The van der Waals surface area contributed by atoms with Crippen LogP contribution in [0.5, 0.6) is 5.75 Å². The molecule has 2 aromatic carbocycles. The van der Waals surface area contributed by atoms with E-state index < -0.39 is 0 Å². The van der Waals surface area contributed by atoms with Crippen molar-refractivity contribution in [2.45, 2.75) is 51.0 Å². The van der Waals surface area contributed by atoms with Crippen LogP contribution in [0.1, 0.15) is 36.0 Å². The molecule has 12 heteroatoms. The van der Waals surface area contributed by atoms with Crippen LogP contribution in [-0.4, -0.2) is 72.7 Å². The molecule has 4 aromatic rings. The van der Waals surface area contributed by atoms with Gasteiger partial charge in [-0.05, 0) is 67.1 Å². The number of nitrogens with two attached hydrogens (primary N) is 1. The van der Waals surface area contributed by atoms with Gasteiger partial charge < -0.3 is 35.1 Å². The summed E-state index contributed by atoms with van der Waals surface area (Å²) in [5, 5.41) is 3.55. The number of ether oxygens (including phenoxy) is 3. The number of pyridine rings is 1. The maximum atomic E-state index is 13.5. The van der Waals surface area contributed by atoms with E-state index in [0.29, 0.717) is 48.4 Å². The van der Waals surface area contributed by atoms with Crippen LogP contribution in [0.15, 0.2) is 48.8 Å². The number of nitrogens with one attached hydrogen (secondary N) is 1. The van der Waals surface area contributed by atoms with Gasteiger partial charge in [0.25, 0.3) is 0 Å². The number of methoxy groups -OCH3 is 1. The molecule has 2 aromatic heterocycles. The molecule has 3 N–H and O–H groups in total. The molecule has 3 aliphatic rings. The summed E-state index contributed by atoms with van der Waals surface area (Å²) < 4.78 is 18.5. The number of anilines is 3. The first kappa shape index (κ1) is 29.6. The highest BCUT2D eigenvalue weighted by Gasteiger charge is 2.34. The molecule has 4 heterocycles. The third-order valence-electron chi connectivity index (χ3n) is 8.99. The Balaban J connectivity index is 1.04. The lowest BCUT2D eigenvalue weighted by Gasteiger charge is -2.37. The fraction of sp³-hybridized carbons (Fsp3) is 0.424. The minimum absolute atomic E-state index is 0.0960. The molecule has 1 amide bonds. The smallest absolute Gasteiger partial charge is 0.328 e. The van der Waals surface area contributed by atoms with Gasteiger partial charge in [-0.3, -0.25) is 0 Å². The molecule has 1 saturated heterocycles. The summed E-state index contributed by atoms with van der Waals surface area (Å²) >= 11 is 6.74. The predicted octanol–water partition coefficient (Wildman–Crippen LogP) is 4.77. The zero-order chi connectivity index (χ0) is 30.9. The molecule has 2 atom stereocenters. The van der Waals surface area contributed by atoms with Crippen LogP contribution in [0.25, 0.3) is 11.2 Å². The Morgan fingerprint density at radius 3 is 2.69 bits per heavy atom. The molecule has 2 fully saturated rings. The molecule has 7 rings (SSSR count). The Morgan fingerprint density at radius 2 is 1.93 bits per heavy atom. The van der Waals surface area contributed by atoms with Crippen LogP contribution in [0.2, 0.25) is 5.15 Å². The van der Waals surface area contributed by atoms with E-state index in [1.165, 1.54) is 10.9 Å². The molecule has 1 aliphatic carbocycles. The number of aromatic nitrogens is 3. The van der Waals surface area contributed by atoms with Crippen molar-refractivity contribution < 1.29 is 19.0 Å². The number of fused-ring (bicyclic) bond motifs is 3. The number of carbonyl (C=O) groups excluding carboxylic acids is 1. The number of nitrogens with zero attached hydrogens (tertiary/aromatic N) is 5.